The highest BCUT2D eigenvalue weighted by Crippen LogP contribution is 2.54. The van der Waals surface area contributed by atoms with Gasteiger partial charge in [0.15, 0.2) is 0 Å². The Kier molecular flexibility index (Phi) is 21.2. The van der Waals surface area contributed by atoms with E-state index in [1.54, 1.807) is 25.7 Å². The first-order valence-corrected chi connectivity index (χ1v) is 24.2. The highest BCUT2D eigenvalue weighted by atomic mass is 14.5. The Morgan fingerprint density at radius 3 is 1.30 bits per heavy atom. The largest absolute Gasteiger partial charge is 0.0670 e. The maximum Gasteiger partial charge on any atom is -0.0169 e. The van der Waals surface area contributed by atoms with Crippen molar-refractivity contribution in [1.82, 2.24) is 0 Å². The summed E-state index contributed by atoms with van der Waals surface area (Å²) in [6, 6.07) is 0. The van der Waals surface area contributed by atoms with Crippen molar-refractivity contribution in [3.63, 3.8) is 0 Å². The van der Waals surface area contributed by atoms with E-state index in [2.05, 4.69) is 45.8 Å². The first-order valence-electron chi connectivity index (χ1n) is 24.2. The van der Waals surface area contributed by atoms with Crippen molar-refractivity contribution in [3.8, 4) is 0 Å². The summed E-state index contributed by atoms with van der Waals surface area (Å²) in [5, 5.41) is 0. The van der Waals surface area contributed by atoms with E-state index in [1.807, 2.05) is 0 Å². The molecule has 0 spiro atoms. The molecule has 0 heteroatoms. The van der Waals surface area contributed by atoms with Crippen molar-refractivity contribution >= 4 is 0 Å². The summed E-state index contributed by atoms with van der Waals surface area (Å²) in [7, 11) is 0. The molecule has 50 heavy (non-hydrogen) atoms. The van der Waals surface area contributed by atoms with Gasteiger partial charge in [-0.05, 0) is 111 Å². The summed E-state index contributed by atoms with van der Waals surface area (Å²) in [5.41, 5.74) is 4.20. The summed E-state index contributed by atoms with van der Waals surface area (Å²) in [5.74, 6) is 9.00. The number of rotatable bonds is 6. The van der Waals surface area contributed by atoms with Crippen LogP contribution in [-0.2, 0) is 0 Å². The van der Waals surface area contributed by atoms with Crippen molar-refractivity contribution in [2.75, 3.05) is 0 Å². The van der Waals surface area contributed by atoms with Crippen LogP contribution in [0.25, 0.3) is 0 Å². The predicted octanol–water partition coefficient (Wildman–Crippen LogP) is 17.2. The summed E-state index contributed by atoms with van der Waals surface area (Å²) in [4.78, 5) is 0. The molecule has 0 nitrogen and oxygen atoms in total. The molecule has 0 heterocycles. The van der Waals surface area contributed by atoms with Crippen molar-refractivity contribution in [2.45, 2.75) is 253 Å². The summed E-state index contributed by atoms with van der Waals surface area (Å²) in [6.45, 7) is 12.2. The third-order valence-electron chi connectivity index (χ3n) is 15.5. The number of allylic oxidation sites excluding steroid dienone is 2. The first-order chi connectivity index (χ1) is 24.5. The molecule has 0 aromatic heterocycles. The fourth-order valence-corrected chi connectivity index (χ4v) is 12.3. The fraction of sp³-hybridized carbons (Fsp3) is 0.960. The molecule has 4 unspecified atom stereocenters. The van der Waals surface area contributed by atoms with E-state index in [-0.39, 0.29) is 0 Å². The second-order valence-corrected chi connectivity index (χ2v) is 19.6. The number of hydrogen-bond acceptors (Lipinski definition) is 0. The maximum atomic E-state index is 2.50. The number of hydrogen-bond donors (Lipinski definition) is 0. The molecule has 0 aromatic rings. The second kappa shape index (κ2) is 24.9. The average molecular weight is 693 g/mol. The van der Waals surface area contributed by atoms with Crippen molar-refractivity contribution in [1.29, 1.82) is 0 Å². The molecule has 0 saturated heterocycles. The van der Waals surface area contributed by atoms with Gasteiger partial charge in [-0.25, -0.2) is 0 Å². The molecule has 4 atom stereocenters. The van der Waals surface area contributed by atoms with E-state index in [9.17, 15) is 0 Å². The Hall–Kier alpha value is -0.260. The molecule has 7 rings (SSSR count). The third-order valence-corrected chi connectivity index (χ3v) is 15.5. The highest BCUT2D eigenvalue weighted by Gasteiger charge is 2.42. The van der Waals surface area contributed by atoms with E-state index in [0.29, 0.717) is 0 Å². The Morgan fingerprint density at radius 1 is 0.420 bits per heavy atom. The minimum atomic E-state index is 0.947. The van der Waals surface area contributed by atoms with E-state index in [0.717, 1.165) is 53.3 Å². The Morgan fingerprint density at radius 2 is 0.840 bits per heavy atom. The lowest BCUT2D eigenvalue weighted by atomic mass is 9.59. The monoisotopic (exact) mass is 693 g/mol. The standard InChI is InChI=1S/C30H52.2C7H14.C6H12/c1-4-11-23(5-2)27-14-9-10-15-29-26(24-12-7-6-8-13-24)20-21-28(30(27)29)25-18-16-22(3)17-19-25;2*1-7-5-3-2-4-6-7;1-2-4-6-5-3-1/h22-28H,4-21H2,1-3H3;2*7H,2-6H2,1H3;1-6H2. The smallest absolute Gasteiger partial charge is 0.0169 e. The first kappa shape index (κ1) is 42.5. The summed E-state index contributed by atoms with van der Waals surface area (Å²) >= 11 is 0. The third kappa shape index (κ3) is 14.5. The molecule has 5 fully saturated rings. The van der Waals surface area contributed by atoms with Crippen LogP contribution in [0.1, 0.15) is 253 Å². The van der Waals surface area contributed by atoms with Gasteiger partial charge in [-0.2, -0.15) is 0 Å². The van der Waals surface area contributed by atoms with Crippen LogP contribution < -0.4 is 0 Å². The summed E-state index contributed by atoms with van der Waals surface area (Å²) < 4.78 is 0. The molecule has 0 aliphatic heterocycles. The van der Waals surface area contributed by atoms with Crippen LogP contribution in [-0.4, -0.2) is 0 Å². The van der Waals surface area contributed by atoms with Crippen LogP contribution in [0, 0.1) is 53.3 Å². The molecule has 0 radical (unpaired) electrons. The lowest BCUT2D eigenvalue weighted by Crippen LogP contribution is -2.35. The van der Waals surface area contributed by atoms with Gasteiger partial charge in [0.05, 0.1) is 0 Å². The van der Waals surface area contributed by atoms with Crippen molar-refractivity contribution in [2.24, 2.45) is 53.3 Å². The second-order valence-electron chi connectivity index (χ2n) is 19.6. The van der Waals surface area contributed by atoms with E-state index >= 15 is 0 Å². The maximum absolute atomic E-state index is 2.50. The van der Waals surface area contributed by atoms with E-state index in [4.69, 9.17) is 0 Å². The quantitative estimate of drug-likeness (QED) is 0.243. The van der Waals surface area contributed by atoms with Gasteiger partial charge in [-0.3, -0.25) is 0 Å². The van der Waals surface area contributed by atoms with Gasteiger partial charge in [0.2, 0.25) is 0 Å². The molecule has 7 aliphatic rings. The average Bonchev–Trinajstić information content (AvgIpc) is 3.40. The zero-order valence-corrected chi connectivity index (χ0v) is 35.2. The van der Waals surface area contributed by atoms with Crippen LogP contribution in [0.5, 0.6) is 0 Å². The summed E-state index contributed by atoms with van der Waals surface area (Å²) in [6.07, 6.45) is 51.0. The van der Waals surface area contributed by atoms with Gasteiger partial charge < -0.3 is 0 Å². The van der Waals surface area contributed by atoms with Gasteiger partial charge in [-0.15, -0.1) is 0 Å². The Balaban J connectivity index is 0.000000224. The topological polar surface area (TPSA) is 0 Å². The molecule has 0 aromatic carbocycles. The molecule has 292 valence electrons. The lowest BCUT2D eigenvalue weighted by molar-refractivity contribution is 0.162. The zero-order chi connectivity index (χ0) is 35.4. The predicted molar refractivity (Wildman–Crippen MR) is 224 cm³/mol. The Bertz CT molecular complexity index is 823. The SMILES string of the molecule is C1CCCCC1.CC1CCCCC1.CC1CCCCC1.CCCC(CC)C1CCCCC2=C1C(C1CCC(C)CC1)CCC2C1CCCCC1. The van der Waals surface area contributed by atoms with Crippen molar-refractivity contribution in [3.05, 3.63) is 11.1 Å². The molecular weight excluding hydrogens is 601 g/mol. The van der Waals surface area contributed by atoms with Crippen LogP contribution in [0.15, 0.2) is 11.1 Å². The van der Waals surface area contributed by atoms with Crippen LogP contribution in [0.3, 0.4) is 0 Å². The fourth-order valence-electron chi connectivity index (χ4n) is 12.3. The molecule has 5 saturated carbocycles. The molecule has 0 amide bonds. The molecule has 7 aliphatic carbocycles. The zero-order valence-electron chi connectivity index (χ0n) is 35.2. The molecule has 0 bridgehead atoms. The minimum absolute atomic E-state index is 0.947. The van der Waals surface area contributed by atoms with Gasteiger partial charge in [-0.1, -0.05) is 206 Å². The normalized spacial score (nSPS) is 32.5. The lowest BCUT2D eigenvalue weighted by Gasteiger charge is -2.46. The van der Waals surface area contributed by atoms with E-state index in [1.165, 1.54) is 193 Å². The van der Waals surface area contributed by atoms with Gasteiger partial charge in [0, 0.05) is 0 Å². The van der Waals surface area contributed by atoms with Crippen LogP contribution >= 0.6 is 0 Å². The van der Waals surface area contributed by atoms with Gasteiger partial charge in [0.25, 0.3) is 0 Å². The molecule has 0 N–H and O–H groups in total. The van der Waals surface area contributed by atoms with Gasteiger partial charge in [0.1, 0.15) is 0 Å². The van der Waals surface area contributed by atoms with E-state index < -0.39 is 0 Å². The van der Waals surface area contributed by atoms with Gasteiger partial charge >= 0.3 is 0 Å². The van der Waals surface area contributed by atoms with Crippen LogP contribution in [0.2, 0.25) is 0 Å². The highest BCUT2D eigenvalue weighted by molar-refractivity contribution is 5.29. The molecular formula is C50H92. The minimum Gasteiger partial charge on any atom is -0.0670 e. The van der Waals surface area contributed by atoms with Crippen molar-refractivity contribution < 1.29 is 0 Å². The Labute approximate surface area is 316 Å². The van der Waals surface area contributed by atoms with Crippen LogP contribution in [0.4, 0.5) is 0 Å².